The number of aliphatic hydroxyl groups is 1. The number of hydrogen-bond donors (Lipinski definition) is 1. The van der Waals surface area contributed by atoms with E-state index in [2.05, 4.69) is 46.0 Å². The van der Waals surface area contributed by atoms with Crippen molar-refractivity contribution >= 4 is 33.9 Å². The first-order valence-corrected chi connectivity index (χ1v) is 14.9. The fraction of sp³-hybridized carbons (Fsp3) is 0.548. The number of likely N-dealkylation sites (tertiary alicyclic amines) is 1. The van der Waals surface area contributed by atoms with E-state index in [1.54, 1.807) is 0 Å². The molecule has 1 saturated carbocycles. The molecule has 206 valence electrons. The van der Waals surface area contributed by atoms with E-state index in [-0.39, 0.29) is 11.5 Å². The highest BCUT2D eigenvalue weighted by atomic mass is 35.5. The number of likely N-dealkylation sites (N-methyl/N-ethyl adjacent to an activating group) is 1. The molecule has 0 bridgehead atoms. The van der Waals surface area contributed by atoms with Crippen LogP contribution in [0, 0.1) is 5.41 Å². The van der Waals surface area contributed by atoms with Crippen molar-refractivity contribution in [2.45, 2.75) is 63.6 Å². The maximum atomic E-state index is 10.1. The van der Waals surface area contributed by atoms with Crippen molar-refractivity contribution in [2.24, 2.45) is 5.41 Å². The molecular weight excluding hydrogens is 510 g/mol. The van der Waals surface area contributed by atoms with Gasteiger partial charge in [-0.25, -0.2) is 0 Å². The lowest BCUT2D eigenvalue weighted by Crippen LogP contribution is -2.53. The third-order valence-corrected chi connectivity index (χ3v) is 9.88. The number of anilines is 2. The number of fused-ring (bicyclic) bond motifs is 2. The van der Waals surface area contributed by atoms with Gasteiger partial charge < -0.3 is 24.5 Å². The minimum atomic E-state index is -0.146. The van der Waals surface area contributed by atoms with Gasteiger partial charge in [0.25, 0.3) is 0 Å². The molecule has 0 amide bonds. The Balaban J connectivity index is 1.22. The molecule has 2 saturated heterocycles. The molecular formula is C31H38ClN5O2. The maximum Gasteiger partial charge on any atom is 0.318 e. The lowest BCUT2D eigenvalue weighted by Gasteiger charge is -2.52. The summed E-state index contributed by atoms with van der Waals surface area (Å²) in [7, 11) is 2.17. The van der Waals surface area contributed by atoms with Crippen LogP contribution in [0.5, 0.6) is 6.01 Å². The summed E-state index contributed by atoms with van der Waals surface area (Å²) in [6.07, 6.45) is 7.24. The molecule has 1 aromatic heterocycles. The van der Waals surface area contributed by atoms with Crippen LogP contribution in [-0.4, -0.2) is 72.0 Å². The SMILES string of the molecule is CN1CCC[C@H]1COc1nc2c(c(N3CCCC4(CC(O)C4)C3)n1)CCN(c1cccc3cccc(Cl)c13)C2. The molecule has 7 nitrogen and oxygen atoms in total. The van der Waals surface area contributed by atoms with E-state index in [0.29, 0.717) is 25.2 Å². The van der Waals surface area contributed by atoms with Crippen LogP contribution < -0.4 is 14.5 Å². The van der Waals surface area contributed by atoms with Gasteiger partial charge in [-0.05, 0) is 81.5 Å². The van der Waals surface area contributed by atoms with Crippen LogP contribution in [0.2, 0.25) is 5.02 Å². The Morgan fingerprint density at radius 3 is 2.69 bits per heavy atom. The van der Waals surface area contributed by atoms with Crippen molar-refractivity contribution in [3.63, 3.8) is 0 Å². The number of benzene rings is 2. The van der Waals surface area contributed by atoms with Crippen LogP contribution in [0.1, 0.15) is 49.8 Å². The summed E-state index contributed by atoms with van der Waals surface area (Å²) in [5.41, 5.74) is 3.68. The zero-order valence-corrected chi connectivity index (χ0v) is 23.5. The molecule has 3 fully saturated rings. The maximum absolute atomic E-state index is 10.1. The van der Waals surface area contributed by atoms with E-state index in [0.717, 1.165) is 91.3 Å². The van der Waals surface area contributed by atoms with Gasteiger partial charge in [0.2, 0.25) is 0 Å². The first-order valence-electron chi connectivity index (χ1n) is 14.6. The first kappa shape index (κ1) is 25.4. The number of hydrogen-bond acceptors (Lipinski definition) is 7. The zero-order chi connectivity index (χ0) is 26.6. The molecule has 1 atom stereocenters. The van der Waals surface area contributed by atoms with Crippen LogP contribution in [0.3, 0.4) is 0 Å². The Kier molecular flexibility index (Phi) is 6.57. The molecule has 3 aliphatic heterocycles. The van der Waals surface area contributed by atoms with Crippen LogP contribution in [0.15, 0.2) is 36.4 Å². The summed E-state index contributed by atoms with van der Waals surface area (Å²) in [6.45, 7) is 5.28. The van der Waals surface area contributed by atoms with Crippen LogP contribution >= 0.6 is 11.6 Å². The van der Waals surface area contributed by atoms with Gasteiger partial charge in [-0.15, -0.1) is 0 Å². The molecule has 1 N–H and O–H groups in total. The third kappa shape index (κ3) is 4.72. The topological polar surface area (TPSA) is 65.0 Å². The number of halogens is 1. The largest absolute Gasteiger partial charge is 0.462 e. The van der Waals surface area contributed by atoms with Gasteiger partial charge in [-0.2, -0.15) is 9.97 Å². The summed E-state index contributed by atoms with van der Waals surface area (Å²) in [5, 5.41) is 13.1. The van der Waals surface area contributed by atoms with E-state index in [1.165, 1.54) is 18.4 Å². The van der Waals surface area contributed by atoms with Crippen LogP contribution in [0.25, 0.3) is 10.8 Å². The standard InChI is InChI=1S/C31H38ClN5O2/c1-35-13-4-8-22(35)19-39-30-33-26-18-36(27-10-3-7-21-6-2-9-25(32)28(21)27)15-11-24(26)29(34-30)37-14-5-12-31(20-37)16-23(38)17-31/h2-3,6-7,9-10,22-23,38H,4-5,8,11-20H2,1H3/t22-,23?,31?/m0/s1. The number of nitrogens with zero attached hydrogens (tertiary/aromatic N) is 5. The van der Waals surface area contributed by atoms with Crippen LogP contribution in [0.4, 0.5) is 11.5 Å². The predicted molar refractivity (Wildman–Crippen MR) is 156 cm³/mol. The molecule has 8 heteroatoms. The minimum Gasteiger partial charge on any atom is -0.462 e. The summed E-state index contributed by atoms with van der Waals surface area (Å²) in [4.78, 5) is 17.3. The predicted octanol–water partition coefficient (Wildman–Crippen LogP) is 5.06. The average Bonchev–Trinajstić information content (AvgIpc) is 3.35. The number of aromatic nitrogens is 2. The van der Waals surface area contributed by atoms with E-state index in [1.807, 2.05) is 12.1 Å². The van der Waals surface area contributed by atoms with Gasteiger partial charge in [0.15, 0.2) is 0 Å². The lowest BCUT2D eigenvalue weighted by molar-refractivity contribution is -0.0397. The summed E-state index contributed by atoms with van der Waals surface area (Å²) in [6, 6.07) is 13.4. The summed E-state index contributed by atoms with van der Waals surface area (Å²) in [5.74, 6) is 1.05. The van der Waals surface area contributed by atoms with E-state index < -0.39 is 0 Å². The number of piperidine rings is 1. The van der Waals surface area contributed by atoms with E-state index >= 15 is 0 Å². The minimum absolute atomic E-state index is 0.146. The van der Waals surface area contributed by atoms with Crippen molar-refractivity contribution in [3.8, 4) is 6.01 Å². The molecule has 3 aromatic rings. The molecule has 1 aliphatic carbocycles. The highest BCUT2D eigenvalue weighted by molar-refractivity contribution is 6.36. The van der Waals surface area contributed by atoms with Gasteiger partial charge in [0.1, 0.15) is 12.4 Å². The van der Waals surface area contributed by atoms with Crippen molar-refractivity contribution in [1.82, 2.24) is 14.9 Å². The normalized spacial score (nSPS) is 27.2. The van der Waals surface area contributed by atoms with Crippen molar-refractivity contribution < 1.29 is 9.84 Å². The molecule has 7 rings (SSSR count). The Bertz CT molecular complexity index is 1370. The Hall–Kier alpha value is -2.61. The number of ether oxygens (including phenoxy) is 1. The summed E-state index contributed by atoms with van der Waals surface area (Å²) < 4.78 is 6.33. The molecule has 2 aromatic carbocycles. The smallest absolute Gasteiger partial charge is 0.318 e. The highest BCUT2D eigenvalue weighted by Crippen LogP contribution is 2.49. The number of rotatable bonds is 5. The second-order valence-electron chi connectivity index (χ2n) is 12.2. The molecule has 0 radical (unpaired) electrons. The quantitative estimate of drug-likeness (QED) is 0.479. The fourth-order valence-electron chi connectivity index (χ4n) is 7.48. The van der Waals surface area contributed by atoms with Crippen LogP contribution in [-0.2, 0) is 13.0 Å². The first-order chi connectivity index (χ1) is 19.0. The highest BCUT2D eigenvalue weighted by Gasteiger charge is 2.46. The van der Waals surface area contributed by atoms with Crippen molar-refractivity contribution in [1.29, 1.82) is 0 Å². The van der Waals surface area contributed by atoms with Gasteiger partial charge in [-0.1, -0.05) is 35.9 Å². The van der Waals surface area contributed by atoms with Gasteiger partial charge in [0, 0.05) is 42.3 Å². The Morgan fingerprint density at radius 2 is 1.90 bits per heavy atom. The third-order valence-electron chi connectivity index (χ3n) is 9.57. The van der Waals surface area contributed by atoms with Gasteiger partial charge in [-0.3, -0.25) is 0 Å². The van der Waals surface area contributed by atoms with Gasteiger partial charge in [0.05, 0.1) is 23.4 Å². The van der Waals surface area contributed by atoms with Crippen molar-refractivity contribution in [3.05, 3.63) is 52.7 Å². The second kappa shape index (κ2) is 10.1. The lowest BCUT2D eigenvalue weighted by atomic mass is 9.62. The fourth-order valence-corrected chi connectivity index (χ4v) is 7.76. The van der Waals surface area contributed by atoms with Gasteiger partial charge >= 0.3 is 6.01 Å². The number of aliphatic hydroxyl groups excluding tert-OH is 1. The summed E-state index contributed by atoms with van der Waals surface area (Å²) >= 11 is 6.70. The molecule has 4 heterocycles. The second-order valence-corrected chi connectivity index (χ2v) is 12.6. The monoisotopic (exact) mass is 547 g/mol. The van der Waals surface area contributed by atoms with E-state index in [4.69, 9.17) is 26.3 Å². The van der Waals surface area contributed by atoms with Crippen molar-refractivity contribution in [2.75, 3.05) is 49.6 Å². The molecule has 4 aliphatic rings. The molecule has 1 spiro atoms. The van der Waals surface area contributed by atoms with E-state index in [9.17, 15) is 5.11 Å². The Morgan fingerprint density at radius 1 is 1.05 bits per heavy atom. The Labute approximate surface area is 235 Å². The molecule has 39 heavy (non-hydrogen) atoms. The molecule has 0 unspecified atom stereocenters. The zero-order valence-electron chi connectivity index (χ0n) is 22.8. The average molecular weight is 548 g/mol.